The lowest BCUT2D eigenvalue weighted by Crippen LogP contribution is -2.09. The van der Waals surface area contributed by atoms with Gasteiger partial charge in [0.2, 0.25) is 0 Å². The van der Waals surface area contributed by atoms with E-state index in [9.17, 15) is 5.11 Å². The van der Waals surface area contributed by atoms with Crippen molar-refractivity contribution in [1.29, 1.82) is 0 Å². The van der Waals surface area contributed by atoms with Crippen LogP contribution in [0.15, 0.2) is 30.9 Å². The predicted octanol–water partition coefficient (Wildman–Crippen LogP) is 2.37. The van der Waals surface area contributed by atoms with E-state index in [1.807, 2.05) is 12.1 Å². The maximum Gasteiger partial charge on any atom is 0.160 e. The standard InChI is InChI=1S/C12H17NO2/c1-3-4-5-10(13)9-6-7-11(14)12(8-9)15-2/h3,6-8,10,14H,1,4-5,13H2,2H3/t10-/m0/s1. The summed E-state index contributed by atoms with van der Waals surface area (Å²) in [6.07, 6.45) is 3.57. The quantitative estimate of drug-likeness (QED) is 0.729. The number of ether oxygens (including phenoxy) is 1. The molecule has 82 valence electrons. The van der Waals surface area contributed by atoms with Crippen LogP contribution in [0.3, 0.4) is 0 Å². The van der Waals surface area contributed by atoms with Gasteiger partial charge in [0.05, 0.1) is 7.11 Å². The molecule has 1 rings (SSSR count). The lowest BCUT2D eigenvalue weighted by atomic mass is 10.0. The highest BCUT2D eigenvalue weighted by atomic mass is 16.5. The summed E-state index contributed by atoms with van der Waals surface area (Å²) in [7, 11) is 1.52. The van der Waals surface area contributed by atoms with Gasteiger partial charge in [0, 0.05) is 6.04 Å². The summed E-state index contributed by atoms with van der Waals surface area (Å²) in [6, 6.07) is 5.13. The third-order valence-electron chi connectivity index (χ3n) is 2.31. The van der Waals surface area contributed by atoms with E-state index in [-0.39, 0.29) is 11.8 Å². The summed E-state index contributed by atoms with van der Waals surface area (Å²) in [5.41, 5.74) is 6.93. The molecule has 3 N–H and O–H groups in total. The van der Waals surface area contributed by atoms with Gasteiger partial charge in [-0.15, -0.1) is 6.58 Å². The number of phenolic OH excluding ortho intramolecular Hbond substituents is 1. The van der Waals surface area contributed by atoms with E-state index in [1.54, 1.807) is 12.1 Å². The molecule has 0 saturated carbocycles. The molecule has 0 aliphatic carbocycles. The van der Waals surface area contributed by atoms with Gasteiger partial charge in [-0.1, -0.05) is 12.1 Å². The number of hydrogen-bond acceptors (Lipinski definition) is 3. The van der Waals surface area contributed by atoms with Crippen LogP contribution in [-0.4, -0.2) is 12.2 Å². The second-order valence-corrected chi connectivity index (χ2v) is 3.40. The normalized spacial score (nSPS) is 12.1. The number of nitrogens with two attached hydrogens (primary N) is 1. The number of aromatic hydroxyl groups is 1. The van der Waals surface area contributed by atoms with E-state index in [4.69, 9.17) is 10.5 Å². The molecule has 0 amide bonds. The molecule has 1 aromatic rings. The first-order valence-electron chi connectivity index (χ1n) is 4.92. The van der Waals surface area contributed by atoms with Gasteiger partial charge >= 0.3 is 0 Å². The third-order valence-corrected chi connectivity index (χ3v) is 2.31. The van der Waals surface area contributed by atoms with Gasteiger partial charge in [-0.3, -0.25) is 0 Å². The molecule has 0 spiro atoms. The summed E-state index contributed by atoms with van der Waals surface area (Å²) in [6.45, 7) is 3.65. The first-order valence-corrected chi connectivity index (χ1v) is 4.92. The van der Waals surface area contributed by atoms with Crippen LogP contribution in [0.2, 0.25) is 0 Å². The highest BCUT2D eigenvalue weighted by Crippen LogP contribution is 2.29. The minimum absolute atomic E-state index is 0.0440. The molecule has 15 heavy (non-hydrogen) atoms. The van der Waals surface area contributed by atoms with Gasteiger partial charge in [0.15, 0.2) is 11.5 Å². The van der Waals surface area contributed by atoms with E-state index in [0.29, 0.717) is 5.75 Å². The van der Waals surface area contributed by atoms with Crippen LogP contribution in [0.5, 0.6) is 11.5 Å². The Morgan fingerprint density at radius 1 is 1.60 bits per heavy atom. The molecule has 0 fully saturated rings. The van der Waals surface area contributed by atoms with Crippen molar-refractivity contribution in [2.45, 2.75) is 18.9 Å². The van der Waals surface area contributed by atoms with Gasteiger partial charge in [0.25, 0.3) is 0 Å². The highest BCUT2D eigenvalue weighted by molar-refractivity contribution is 5.42. The fourth-order valence-electron chi connectivity index (χ4n) is 1.39. The van der Waals surface area contributed by atoms with E-state index >= 15 is 0 Å². The molecular weight excluding hydrogens is 190 g/mol. The van der Waals surface area contributed by atoms with Gasteiger partial charge in [-0.2, -0.15) is 0 Å². The van der Waals surface area contributed by atoms with Crippen molar-refractivity contribution in [3.8, 4) is 11.5 Å². The Morgan fingerprint density at radius 3 is 2.93 bits per heavy atom. The molecule has 0 aliphatic heterocycles. The first-order chi connectivity index (χ1) is 7.19. The molecule has 1 aromatic carbocycles. The fourth-order valence-corrected chi connectivity index (χ4v) is 1.39. The summed E-state index contributed by atoms with van der Waals surface area (Å²) in [5, 5.41) is 9.41. The molecule has 1 atom stereocenters. The average Bonchev–Trinajstić information content (AvgIpc) is 2.26. The Balaban J connectivity index is 2.80. The first kappa shape index (κ1) is 11.6. The minimum atomic E-state index is -0.0440. The van der Waals surface area contributed by atoms with Crippen molar-refractivity contribution in [3.05, 3.63) is 36.4 Å². The zero-order valence-corrected chi connectivity index (χ0v) is 8.94. The molecule has 0 unspecified atom stereocenters. The molecule has 0 bridgehead atoms. The maximum atomic E-state index is 9.41. The SMILES string of the molecule is C=CCC[C@H](N)c1ccc(O)c(OC)c1. The van der Waals surface area contributed by atoms with E-state index in [1.165, 1.54) is 7.11 Å². The van der Waals surface area contributed by atoms with E-state index in [0.717, 1.165) is 18.4 Å². The summed E-state index contributed by atoms with van der Waals surface area (Å²) >= 11 is 0. The second-order valence-electron chi connectivity index (χ2n) is 3.40. The number of phenols is 1. The van der Waals surface area contributed by atoms with Crippen LogP contribution in [0.25, 0.3) is 0 Å². The maximum absolute atomic E-state index is 9.41. The van der Waals surface area contributed by atoms with Crippen molar-refractivity contribution in [3.63, 3.8) is 0 Å². The number of allylic oxidation sites excluding steroid dienone is 1. The molecule has 3 heteroatoms. The average molecular weight is 207 g/mol. The minimum Gasteiger partial charge on any atom is -0.504 e. The molecule has 0 saturated heterocycles. The van der Waals surface area contributed by atoms with Crippen LogP contribution < -0.4 is 10.5 Å². The summed E-state index contributed by atoms with van der Waals surface area (Å²) in [4.78, 5) is 0. The Hall–Kier alpha value is -1.48. The summed E-state index contributed by atoms with van der Waals surface area (Å²) in [5.74, 6) is 0.596. The number of methoxy groups -OCH3 is 1. The highest BCUT2D eigenvalue weighted by Gasteiger charge is 2.08. The van der Waals surface area contributed by atoms with Crippen molar-refractivity contribution in [1.82, 2.24) is 0 Å². The molecule has 0 radical (unpaired) electrons. The fraction of sp³-hybridized carbons (Fsp3) is 0.333. The largest absolute Gasteiger partial charge is 0.504 e. The molecule has 0 aliphatic rings. The number of benzene rings is 1. The lowest BCUT2D eigenvalue weighted by molar-refractivity contribution is 0.372. The zero-order valence-electron chi connectivity index (χ0n) is 8.94. The number of rotatable bonds is 5. The smallest absolute Gasteiger partial charge is 0.160 e. The molecule has 0 heterocycles. The Kier molecular flexibility index (Phi) is 4.18. The lowest BCUT2D eigenvalue weighted by Gasteiger charge is -2.12. The third kappa shape index (κ3) is 2.99. The number of hydrogen-bond donors (Lipinski definition) is 2. The van der Waals surface area contributed by atoms with Gasteiger partial charge in [0.1, 0.15) is 0 Å². The predicted molar refractivity (Wildman–Crippen MR) is 61.0 cm³/mol. The van der Waals surface area contributed by atoms with E-state index < -0.39 is 0 Å². The van der Waals surface area contributed by atoms with Crippen LogP contribution in [0, 0.1) is 0 Å². The van der Waals surface area contributed by atoms with Crippen molar-refractivity contribution < 1.29 is 9.84 Å². The van der Waals surface area contributed by atoms with Gasteiger partial charge in [-0.25, -0.2) is 0 Å². The van der Waals surface area contributed by atoms with Crippen LogP contribution >= 0.6 is 0 Å². The summed E-state index contributed by atoms with van der Waals surface area (Å²) < 4.78 is 5.01. The van der Waals surface area contributed by atoms with Crippen LogP contribution in [-0.2, 0) is 0 Å². The molecule has 0 aromatic heterocycles. The van der Waals surface area contributed by atoms with Crippen LogP contribution in [0.4, 0.5) is 0 Å². The van der Waals surface area contributed by atoms with Gasteiger partial charge < -0.3 is 15.6 Å². The van der Waals surface area contributed by atoms with Crippen LogP contribution in [0.1, 0.15) is 24.4 Å². The van der Waals surface area contributed by atoms with Crippen molar-refractivity contribution in [2.24, 2.45) is 5.73 Å². The van der Waals surface area contributed by atoms with Crippen molar-refractivity contribution >= 4 is 0 Å². The van der Waals surface area contributed by atoms with E-state index in [2.05, 4.69) is 6.58 Å². The van der Waals surface area contributed by atoms with Crippen molar-refractivity contribution in [2.75, 3.05) is 7.11 Å². The zero-order chi connectivity index (χ0) is 11.3. The Labute approximate surface area is 90.2 Å². The second kappa shape index (κ2) is 5.41. The monoisotopic (exact) mass is 207 g/mol. The van der Waals surface area contributed by atoms with Gasteiger partial charge in [-0.05, 0) is 30.5 Å². The Bertz CT molecular complexity index is 336. The Morgan fingerprint density at radius 2 is 2.33 bits per heavy atom. The molecule has 3 nitrogen and oxygen atoms in total. The topological polar surface area (TPSA) is 55.5 Å². The molecular formula is C12H17NO2.